The van der Waals surface area contributed by atoms with Gasteiger partial charge in [-0.05, 0) is 35.9 Å². The van der Waals surface area contributed by atoms with Gasteiger partial charge in [-0.3, -0.25) is 10.1 Å². The van der Waals surface area contributed by atoms with Crippen LogP contribution in [0.1, 0.15) is 20.9 Å². The van der Waals surface area contributed by atoms with Gasteiger partial charge in [0.05, 0.1) is 14.2 Å². The van der Waals surface area contributed by atoms with Gasteiger partial charge in [0.25, 0.3) is 5.91 Å². The lowest BCUT2D eigenvalue weighted by atomic mass is 10.2. The number of nitrogens with zero attached hydrogens (tertiary/aromatic N) is 2. The highest BCUT2D eigenvalue weighted by molar-refractivity contribution is 7.15. The lowest BCUT2D eigenvalue weighted by Gasteiger charge is -2.08. The molecule has 3 rings (SSSR count). The fourth-order valence-corrected chi connectivity index (χ4v) is 3.07. The number of rotatable bonds is 6. The Morgan fingerprint density at radius 2 is 1.81 bits per heavy atom. The molecular weight excluding hydrogens is 357 g/mol. The third kappa shape index (κ3) is 4.15. The molecule has 0 spiro atoms. The first-order valence-corrected chi connectivity index (χ1v) is 8.51. The van der Waals surface area contributed by atoms with Crippen LogP contribution < -0.4 is 14.8 Å². The Bertz CT molecular complexity index is 912. The van der Waals surface area contributed by atoms with Crippen LogP contribution in [-0.2, 0) is 6.42 Å². The van der Waals surface area contributed by atoms with Gasteiger partial charge < -0.3 is 9.47 Å². The van der Waals surface area contributed by atoms with E-state index in [1.54, 1.807) is 30.3 Å². The number of amides is 1. The minimum Gasteiger partial charge on any atom is -0.493 e. The van der Waals surface area contributed by atoms with E-state index in [2.05, 4.69) is 15.5 Å². The number of carbonyl (C=O) groups excluding carboxylic acids is 1. The summed E-state index contributed by atoms with van der Waals surface area (Å²) in [6.07, 6.45) is 0.518. The number of hydrogen-bond donors (Lipinski definition) is 1. The summed E-state index contributed by atoms with van der Waals surface area (Å²) in [7, 11) is 3.04. The summed E-state index contributed by atoms with van der Waals surface area (Å²) in [6.45, 7) is 0. The summed E-state index contributed by atoms with van der Waals surface area (Å²) < 4.78 is 23.3. The Morgan fingerprint density at radius 3 is 2.50 bits per heavy atom. The second kappa shape index (κ2) is 7.92. The maximum Gasteiger partial charge on any atom is 0.257 e. The van der Waals surface area contributed by atoms with Crippen LogP contribution in [0.2, 0.25) is 0 Å². The number of carbonyl (C=O) groups is 1. The third-order valence-electron chi connectivity index (χ3n) is 3.60. The molecule has 0 saturated heterocycles. The van der Waals surface area contributed by atoms with Gasteiger partial charge in [-0.25, -0.2) is 4.39 Å². The fourth-order valence-electron chi connectivity index (χ4n) is 2.30. The van der Waals surface area contributed by atoms with E-state index in [1.807, 2.05) is 0 Å². The van der Waals surface area contributed by atoms with Crippen LogP contribution in [-0.4, -0.2) is 30.3 Å². The molecule has 0 saturated carbocycles. The van der Waals surface area contributed by atoms with Crippen LogP contribution >= 0.6 is 11.3 Å². The standard InChI is InChI=1S/C18H16FN3O3S/c1-24-14-8-5-12(10-15(14)25-2)17(23)20-18-22-21-16(26-18)9-11-3-6-13(19)7-4-11/h3-8,10H,9H2,1-2H3,(H,20,22,23). The average Bonchev–Trinajstić information content (AvgIpc) is 3.09. The maximum atomic E-state index is 12.9. The largest absolute Gasteiger partial charge is 0.493 e. The van der Waals surface area contributed by atoms with E-state index in [9.17, 15) is 9.18 Å². The van der Waals surface area contributed by atoms with Crippen molar-refractivity contribution in [1.29, 1.82) is 0 Å². The molecular formula is C18H16FN3O3S. The third-order valence-corrected chi connectivity index (χ3v) is 4.44. The highest BCUT2D eigenvalue weighted by Crippen LogP contribution is 2.28. The van der Waals surface area contributed by atoms with Gasteiger partial charge in [-0.1, -0.05) is 23.5 Å². The molecule has 0 aliphatic carbocycles. The number of nitrogens with one attached hydrogen (secondary N) is 1. The molecule has 26 heavy (non-hydrogen) atoms. The van der Waals surface area contributed by atoms with E-state index >= 15 is 0 Å². The SMILES string of the molecule is COc1ccc(C(=O)Nc2nnc(Cc3ccc(F)cc3)s2)cc1OC. The maximum absolute atomic E-state index is 12.9. The van der Waals surface area contributed by atoms with E-state index in [0.29, 0.717) is 28.6 Å². The van der Waals surface area contributed by atoms with Gasteiger partial charge >= 0.3 is 0 Å². The Kier molecular flexibility index (Phi) is 5.43. The van der Waals surface area contributed by atoms with Crippen LogP contribution in [0.5, 0.6) is 11.5 Å². The van der Waals surface area contributed by atoms with E-state index in [0.717, 1.165) is 10.6 Å². The monoisotopic (exact) mass is 373 g/mol. The average molecular weight is 373 g/mol. The van der Waals surface area contributed by atoms with Gasteiger partial charge in [0.1, 0.15) is 10.8 Å². The van der Waals surface area contributed by atoms with Gasteiger partial charge in [0.15, 0.2) is 11.5 Å². The molecule has 8 heteroatoms. The quantitative estimate of drug-likeness (QED) is 0.715. The molecule has 0 radical (unpaired) electrons. The second-order valence-electron chi connectivity index (χ2n) is 5.33. The van der Waals surface area contributed by atoms with E-state index < -0.39 is 0 Å². The molecule has 0 unspecified atom stereocenters. The number of anilines is 1. The van der Waals surface area contributed by atoms with Crippen molar-refractivity contribution in [3.63, 3.8) is 0 Å². The Labute approximate surface area is 153 Å². The summed E-state index contributed by atoms with van der Waals surface area (Å²) in [5.74, 6) is 0.403. The van der Waals surface area contributed by atoms with Crippen LogP contribution in [0.25, 0.3) is 0 Å². The first kappa shape index (κ1) is 17.8. The van der Waals surface area contributed by atoms with Crippen molar-refractivity contribution in [2.75, 3.05) is 19.5 Å². The van der Waals surface area contributed by atoms with E-state index in [4.69, 9.17) is 9.47 Å². The molecule has 0 atom stereocenters. The molecule has 1 N–H and O–H groups in total. The van der Waals surface area contributed by atoms with Gasteiger partial charge in [0.2, 0.25) is 5.13 Å². The fraction of sp³-hybridized carbons (Fsp3) is 0.167. The minimum absolute atomic E-state index is 0.283. The number of aromatic nitrogens is 2. The van der Waals surface area contributed by atoms with Crippen molar-refractivity contribution in [2.24, 2.45) is 0 Å². The molecule has 2 aromatic carbocycles. The predicted octanol–water partition coefficient (Wildman–Crippen LogP) is 3.54. The molecule has 6 nitrogen and oxygen atoms in total. The lowest BCUT2D eigenvalue weighted by molar-refractivity contribution is 0.102. The summed E-state index contributed by atoms with van der Waals surface area (Å²) in [6, 6.07) is 11.1. The van der Waals surface area contributed by atoms with Crippen molar-refractivity contribution in [3.8, 4) is 11.5 Å². The van der Waals surface area contributed by atoms with Crippen molar-refractivity contribution in [2.45, 2.75) is 6.42 Å². The molecule has 1 heterocycles. The Balaban J connectivity index is 1.68. The predicted molar refractivity (Wildman–Crippen MR) is 96.6 cm³/mol. The number of benzene rings is 2. The number of halogens is 1. The first-order chi connectivity index (χ1) is 12.6. The van der Waals surface area contributed by atoms with E-state index in [-0.39, 0.29) is 11.7 Å². The number of methoxy groups -OCH3 is 2. The van der Waals surface area contributed by atoms with Crippen molar-refractivity contribution in [1.82, 2.24) is 10.2 Å². The van der Waals surface area contributed by atoms with E-state index in [1.165, 1.54) is 37.7 Å². The Morgan fingerprint density at radius 1 is 1.08 bits per heavy atom. The van der Waals surface area contributed by atoms with Gasteiger partial charge in [-0.15, -0.1) is 10.2 Å². The van der Waals surface area contributed by atoms with Gasteiger partial charge in [0, 0.05) is 12.0 Å². The summed E-state index contributed by atoms with van der Waals surface area (Å²) in [5.41, 5.74) is 1.33. The van der Waals surface area contributed by atoms with Crippen LogP contribution in [0.4, 0.5) is 9.52 Å². The zero-order valence-electron chi connectivity index (χ0n) is 14.2. The van der Waals surface area contributed by atoms with Crippen molar-refractivity contribution < 1.29 is 18.7 Å². The summed E-state index contributed by atoms with van der Waals surface area (Å²) in [5, 5.41) is 11.9. The molecule has 0 bridgehead atoms. The smallest absolute Gasteiger partial charge is 0.257 e. The molecule has 134 valence electrons. The molecule has 0 aliphatic rings. The first-order valence-electron chi connectivity index (χ1n) is 7.69. The summed E-state index contributed by atoms with van der Waals surface area (Å²) >= 11 is 1.27. The normalized spacial score (nSPS) is 10.4. The highest BCUT2D eigenvalue weighted by Gasteiger charge is 2.13. The van der Waals surface area contributed by atoms with Crippen molar-refractivity contribution >= 4 is 22.4 Å². The Hall–Kier alpha value is -3.00. The van der Waals surface area contributed by atoms with Crippen molar-refractivity contribution in [3.05, 3.63) is 64.4 Å². The number of hydrogen-bond acceptors (Lipinski definition) is 6. The molecule has 1 amide bonds. The zero-order valence-corrected chi connectivity index (χ0v) is 15.0. The highest BCUT2D eigenvalue weighted by atomic mass is 32.1. The second-order valence-corrected chi connectivity index (χ2v) is 6.39. The van der Waals surface area contributed by atoms with Gasteiger partial charge in [-0.2, -0.15) is 0 Å². The molecule has 0 fully saturated rings. The molecule has 0 aliphatic heterocycles. The lowest BCUT2D eigenvalue weighted by Crippen LogP contribution is -2.11. The topological polar surface area (TPSA) is 73.3 Å². The molecule has 3 aromatic rings. The zero-order chi connectivity index (χ0) is 18.5. The van der Waals surface area contributed by atoms with Crippen LogP contribution in [0.15, 0.2) is 42.5 Å². The molecule has 1 aromatic heterocycles. The number of ether oxygens (including phenoxy) is 2. The minimum atomic E-state index is -0.324. The van der Waals surface area contributed by atoms with Crippen LogP contribution in [0, 0.1) is 5.82 Å². The van der Waals surface area contributed by atoms with Crippen LogP contribution in [0.3, 0.4) is 0 Å². The summed E-state index contributed by atoms with van der Waals surface area (Å²) in [4.78, 5) is 12.4.